The second-order valence-corrected chi connectivity index (χ2v) is 6.95. The monoisotopic (exact) mass is 363 g/mol. The van der Waals surface area contributed by atoms with Gasteiger partial charge in [0.1, 0.15) is 15.8 Å². The summed E-state index contributed by atoms with van der Waals surface area (Å²) in [5.41, 5.74) is 1.32. The fraction of sp³-hybridized carbons (Fsp3) is 0.353. The minimum atomic E-state index is -0.414. The number of thioether (sulfide) groups is 1. The van der Waals surface area contributed by atoms with Gasteiger partial charge in [0.2, 0.25) is 5.91 Å². The molecule has 126 valence electrons. The fourth-order valence-electron chi connectivity index (χ4n) is 2.04. The molecule has 2 aromatic rings. The molecule has 0 fully saturated rings. The maximum Gasteiger partial charge on any atom is 0.231 e. The van der Waals surface area contributed by atoms with E-state index in [9.17, 15) is 9.18 Å². The molecule has 0 saturated heterocycles. The van der Waals surface area contributed by atoms with Crippen molar-refractivity contribution >= 4 is 34.0 Å². The van der Waals surface area contributed by atoms with Crippen molar-refractivity contribution in [3.8, 4) is 21.7 Å². The van der Waals surface area contributed by atoms with Crippen molar-refractivity contribution < 1.29 is 9.18 Å². The Morgan fingerprint density at radius 1 is 1.46 bits per heavy atom. The van der Waals surface area contributed by atoms with E-state index in [1.54, 1.807) is 11.1 Å². The number of carbonyl (C=O) groups excluding carboxylic acids is 1. The number of halogens is 1. The number of aryl methyl sites for hydroxylation is 1. The van der Waals surface area contributed by atoms with Crippen molar-refractivity contribution in [1.29, 1.82) is 0 Å². The van der Waals surface area contributed by atoms with Crippen LogP contribution in [0.4, 0.5) is 9.39 Å². The van der Waals surface area contributed by atoms with Crippen molar-refractivity contribution in [1.82, 2.24) is 9.97 Å². The van der Waals surface area contributed by atoms with E-state index < -0.39 is 5.82 Å². The lowest BCUT2D eigenvalue weighted by molar-refractivity contribution is -0.121. The van der Waals surface area contributed by atoms with Gasteiger partial charge in [0, 0.05) is 17.7 Å². The molecule has 2 heterocycles. The molecule has 2 rings (SSSR count). The quantitative estimate of drug-likeness (QED) is 0.771. The molecule has 0 N–H and O–H groups in total. The molecule has 0 aliphatic carbocycles. The van der Waals surface area contributed by atoms with Gasteiger partial charge in [-0.25, -0.2) is 9.37 Å². The first-order valence-electron chi connectivity index (χ1n) is 7.34. The lowest BCUT2D eigenvalue weighted by atomic mass is 10.2. The van der Waals surface area contributed by atoms with E-state index in [0.29, 0.717) is 17.1 Å². The highest BCUT2D eigenvalue weighted by Gasteiger charge is 2.23. The standard InChI is InChI=1S/C17H18FN3OS2/c1-11(2)16(22)21(6-5-7-23-4)17-12(3)20-15(24-17)13-8-14(18)10-19-9-13/h8-11H,6H2,1-4H3. The zero-order valence-corrected chi connectivity index (χ0v) is 15.6. The molecule has 4 nitrogen and oxygen atoms in total. The van der Waals surface area contributed by atoms with Gasteiger partial charge in [-0.05, 0) is 24.5 Å². The topological polar surface area (TPSA) is 46.1 Å². The number of thiazole rings is 1. The Morgan fingerprint density at radius 3 is 2.83 bits per heavy atom. The second-order valence-electron chi connectivity index (χ2n) is 5.36. The third-order valence-electron chi connectivity index (χ3n) is 3.14. The maximum absolute atomic E-state index is 13.4. The van der Waals surface area contributed by atoms with E-state index in [4.69, 9.17) is 0 Å². The zero-order valence-electron chi connectivity index (χ0n) is 14.0. The van der Waals surface area contributed by atoms with E-state index in [1.807, 2.05) is 27.0 Å². The Balaban J connectivity index is 2.41. The number of rotatable bonds is 4. The van der Waals surface area contributed by atoms with Crippen LogP contribution < -0.4 is 4.90 Å². The van der Waals surface area contributed by atoms with Crippen LogP contribution in [0, 0.1) is 29.8 Å². The average Bonchev–Trinajstić information content (AvgIpc) is 2.93. The van der Waals surface area contributed by atoms with Gasteiger partial charge in [-0.1, -0.05) is 42.9 Å². The van der Waals surface area contributed by atoms with Crippen molar-refractivity contribution in [2.45, 2.75) is 20.8 Å². The highest BCUT2D eigenvalue weighted by Crippen LogP contribution is 2.34. The number of pyridine rings is 1. The number of hydrogen-bond acceptors (Lipinski definition) is 5. The van der Waals surface area contributed by atoms with Crippen LogP contribution >= 0.6 is 23.1 Å². The maximum atomic E-state index is 13.4. The molecule has 24 heavy (non-hydrogen) atoms. The van der Waals surface area contributed by atoms with E-state index >= 15 is 0 Å². The minimum absolute atomic E-state index is 0.0129. The van der Waals surface area contributed by atoms with Gasteiger partial charge in [-0.3, -0.25) is 14.7 Å². The molecule has 0 spiro atoms. The van der Waals surface area contributed by atoms with Crippen LogP contribution in [0.15, 0.2) is 18.5 Å². The molecular weight excluding hydrogens is 345 g/mol. The number of carbonyl (C=O) groups is 1. The van der Waals surface area contributed by atoms with Crippen molar-refractivity contribution in [2.75, 3.05) is 17.7 Å². The van der Waals surface area contributed by atoms with Crippen LogP contribution in [0.3, 0.4) is 0 Å². The molecule has 0 aliphatic rings. The summed E-state index contributed by atoms with van der Waals surface area (Å²) >= 11 is 2.75. The van der Waals surface area contributed by atoms with Gasteiger partial charge in [0.25, 0.3) is 0 Å². The van der Waals surface area contributed by atoms with Crippen molar-refractivity contribution in [3.63, 3.8) is 0 Å². The number of amides is 1. The summed E-state index contributed by atoms with van der Waals surface area (Å²) in [6.45, 7) is 5.85. The van der Waals surface area contributed by atoms with Crippen LogP contribution in [-0.2, 0) is 4.79 Å². The first-order valence-corrected chi connectivity index (χ1v) is 9.38. The molecule has 2 aromatic heterocycles. The largest absolute Gasteiger partial charge is 0.290 e. The Hall–Kier alpha value is -1.91. The van der Waals surface area contributed by atoms with Gasteiger partial charge < -0.3 is 0 Å². The van der Waals surface area contributed by atoms with Crippen molar-refractivity contribution in [2.24, 2.45) is 5.92 Å². The first-order chi connectivity index (χ1) is 11.4. The summed E-state index contributed by atoms with van der Waals surface area (Å²) in [4.78, 5) is 22.5. The third kappa shape index (κ3) is 4.34. The second kappa shape index (κ2) is 8.27. The summed E-state index contributed by atoms with van der Waals surface area (Å²) in [6, 6.07) is 1.39. The van der Waals surface area contributed by atoms with E-state index in [0.717, 1.165) is 16.9 Å². The summed E-state index contributed by atoms with van der Waals surface area (Å²) in [5, 5.41) is 4.28. The summed E-state index contributed by atoms with van der Waals surface area (Å²) in [5.74, 6) is 2.40. The van der Waals surface area contributed by atoms with Crippen LogP contribution in [0.1, 0.15) is 19.5 Å². The summed E-state index contributed by atoms with van der Waals surface area (Å²) < 4.78 is 13.4. The number of aromatic nitrogens is 2. The van der Waals surface area contributed by atoms with Gasteiger partial charge in [0.05, 0.1) is 18.4 Å². The highest BCUT2D eigenvalue weighted by molar-refractivity contribution is 8.03. The Morgan fingerprint density at radius 2 is 2.21 bits per heavy atom. The Labute approximate surface area is 149 Å². The van der Waals surface area contributed by atoms with Crippen LogP contribution in [-0.4, -0.2) is 28.7 Å². The number of anilines is 1. The predicted octanol–water partition coefficient (Wildman–Crippen LogP) is 3.97. The highest BCUT2D eigenvalue weighted by atomic mass is 32.2. The van der Waals surface area contributed by atoms with Gasteiger partial charge in [-0.15, -0.1) is 0 Å². The lowest BCUT2D eigenvalue weighted by Gasteiger charge is -2.21. The molecule has 7 heteroatoms. The van der Waals surface area contributed by atoms with Crippen LogP contribution in [0.25, 0.3) is 10.6 Å². The molecule has 0 unspecified atom stereocenters. The van der Waals surface area contributed by atoms with Crippen LogP contribution in [0.5, 0.6) is 0 Å². The van der Waals surface area contributed by atoms with Gasteiger partial charge in [-0.2, -0.15) is 0 Å². The van der Waals surface area contributed by atoms with E-state index in [1.165, 1.54) is 29.2 Å². The Bertz CT molecular complexity index is 793. The fourth-order valence-corrected chi connectivity index (χ4v) is 3.30. The predicted molar refractivity (Wildman–Crippen MR) is 98.5 cm³/mol. The minimum Gasteiger partial charge on any atom is -0.290 e. The molecule has 0 radical (unpaired) electrons. The van der Waals surface area contributed by atoms with Crippen molar-refractivity contribution in [3.05, 3.63) is 30.0 Å². The first kappa shape index (κ1) is 18.4. The number of hydrogen-bond donors (Lipinski definition) is 0. The lowest BCUT2D eigenvalue weighted by Crippen LogP contribution is -2.34. The summed E-state index contributed by atoms with van der Waals surface area (Å²) in [6.07, 6.45) is 4.60. The SMILES string of the molecule is CSC#CCN(C(=O)C(C)C)c1sc(-c2cncc(F)c2)nc1C. The zero-order chi connectivity index (χ0) is 17.7. The smallest absolute Gasteiger partial charge is 0.231 e. The van der Waals surface area contributed by atoms with E-state index in [2.05, 4.69) is 21.1 Å². The van der Waals surface area contributed by atoms with Gasteiger partial charge in [0.15, 0.2) is 0 Å². The number of nitrogens with zero attached hydrogens (tertiary/aromatic N) is 3. The molecular formula is C17H18FN3OS2. The molecule has 0 aliphatic heterocycles. The molecule has 1 amide bonds. The van der Waals surface area contributed by atoms with E-state index in [-0.39, 0.29) is 11.8 Å². The Kier molecular flexibility index (Phi) is 6.35. The third-order valence-corrected chi connectivity index (χ3v) is 4.72. The average molecular weight is 363 g/mol. The summed E-state index contributed by atoms with van der Waals surface area (Å²) in [7, 11) is 0. The van der Waals surface area contributed by atoms with Crippen LogP contribution in [0.2, 0.25) is 0 Å². The molecule has 0 aromatic carbocycles. The van der Waals surface area contributed by atoms with Gasteiger partial charge >= 0.3 is 0 Å². The molecule has 0 bridgehead atoms. The molecule has 0 atom stereocenters. The normalized spacial score (nSPS) is 10.4. The molecule has 0 saturated carbocycles.